The number of benzene rings is 3. The summed E-state index contributed by atoms with van der Waals surface area (Å²) in [4.78, 5) is 40.8. The second-order valence-electron chi connectivity index (χ2n) is 10.6. The van der Waals surface area contributed by atoms with Gasteiger partial charge in [0.2, 0.25) is 5.91 Å². The molecule has 5 rings (SSSR count). The lowest BCUT2D eigenvalue weighted by Crippen LogP contribution is -2.60. The standard InChI is InChI=1S/C32H35N3O5S/c1-41-18-15-28(29(36)34-32(30(37)38)16-17-35(21-32)19-22-9-3-2-4-10-22)33-31(39)40-20-27-25-13-7-5-11-23(25)24-12-6-8-14-26(24)27/h2-14,27-28H,15-21H2,1H3,(H,33,39)(H,34,36)(H,37,38). The van der Waals surface area contributed by atoms with E-state index >= 15 is 0 Å². The molecule has 0 spiro atoms. The summed E-state index contributed by atoms with van der Waals surface area (Å²) >= 11 is 1.55. The molecule has 1 heterocycles. The number of hydrogen-bond donors (Lipinski definition) is 3. The van der Waals surface area contributed by atoms with Crippen molar-refractivity contribution in [2.45, 2.75) is 36.9 Å². The smallest absolute Gasteiger partial charge is 0.407 e. The average molecular weight is 574 g/mol. The molecule has 0 bridgehead atoms. The van der Waals surface area contributed by atoms with E-state index in [0.29, 0.717) is 25.3 Å². The summed E-state index contributed by atoms with van der Waals surface area (Å²) in [6, 6.07) is 25.1. The summed E-state index contributed by atoms with van der Waals surface area (Å²) < 4.78 is 5.66. The summed E-state index contributed by atoms with van der Waals surface area (Å²) in [7, 11) is 0. The maximum absolute atomic E-state index is 13.4. The van der Waals surface area contributed by atoms with Crippen LogP contribution in [-0.2, 0) is 20.9 Å². The molecule has 1 saturated heterocycles. The zero-order valence-electron chi connectivity index (χ0n) is 23.0. The van der Waals surface area contributed by atoms with Crippen molar-refractivity contribution < 1.29 is 24.2 Å². The van der Waals surface area contributed by atoms with E-state index in [2.05, 4.69) is 22.8 Å². The first kappa shape index (κ1) is 28.7. The fraction of sp³-hybridized carbons (Fsp3) is 0.344. The molecular weight excluding hydrogens is 538 g/mol. The molecule has 2 amide bonds. The minimum absolute atomic E-state index is 0.101. The van der Waals surface area contributed by atoms with E-state index in [1.807, 2.05) is 77.9 Å². The Morgan fingerprint density at radius 1 is 1.00 bits per heavy atom. The first-order chi connectivity index (χ1) is 19.9. The van der Waals surface area contributed by atoms with Crippen molar-refractivity contribution in [3.8, 4) is 11.1 Å². The number of rotatable bonds is 11. The monoisotopic (exact) mass is 573 g/mol. The second kappa shape index (κ2) is 12.8. The number of carbonyl (C=O) groups excluding carboxylic acids is 2. The number of carbonyl (C=O) groups is 3. The van der Waals surface area contributed by atoms with Crippen LogP contribution < -0.4 is 10.6 Å². The fourth-order valence-electron chi connectivity index (χ4n) is 5.81. The lowest BCUT2D eigenvalue weighted by atomic mass is 9.97. The summed E-state index contributed by atoms with van der Waals surface area (Å²) in [6.45, 7) is 1.45. The van der Waals surface area contributed by atoms with Crippen LogP contribution in [0.25, 0.3) is 11.1 Å². The Balaban J connectivity index is 1.23. The van der Waals surface area contributed by atoms with Gasteiger partial charge in [0.05, 0.1) is 0 Å². The molecule has 1 aliphatic carbocycles. The molecule has 0 saturated carbocycles. The lowest BCUT2D eigenvalue weighted by molar-refractivity contribution is -0.147. The molecular formula is C32H35N3O5S. The van der Waals surface area contributed by atoms with Gasteiger partial charge in [-0.2, -0.15) is 11.8 Å². The van der Waals surface area contributed by atoms with Crippen molar-refractivity contribution in [2.24, 2.45) is 0 Å². The quantitative estimate of drug-likeness (QED) is 0.310. The number of ether oxygens (including phenoxy) is 1. The predicted octanol–water partition coefficient (Wildman–Crippen LogP) is 4.49. The Labute approximate surface area is 244 Å². The predicted molar refractivity (Wildman–Crippen MR) is 160 cm³/mol. The zero-order valence-corrected chi connectivity index (χ0v) is 23.9. The van der Waals surface area contributed by atoms with Crippen LogP contribution in [-0.4, -0.2) is 71.3 Å². The molecule has 3 aromatic rings. The van der Waals surface area contributed by atoms with Crippen molar-refractivity contribution >= 4 is 29.7 Å². The highest BCUT2D eigenvalue weighted by Gasteiger charge is 2.47. The fourth-order valence-corrected chi connectivity index (χ4v) is 6.28. The van der Waals surface area contributed by atoms with E-state index in [9.17, 15) is 19.5 Å². The molecule has 0 aromatic heterocycles. The van der Waals surface area contributed by atoms with Crippen molar-refractivity contribution in [3.63, 3.8) is 0 Å². The van der Waals surface area contributed by atoms with E-state index in [4.69, 9.17) is 4.74 Å². The number of carboxylic acid groups (broad SMARTS) is 1. The summed E-state index contributed by atoms with van der Waals surface area (Å²) in [6.07, 6.45) is 1.84. The number of nitrogens with zero attached hydrogens (tertiary/aromatic N) is 1. The Morgan fingerprint density at radius 3 is 2.27 bits per heavy atom. The second-order valence-corrected chi connectivity index (χ2v) is 11.6. The molecule has 1 aliphatic heterocycles. The van der Waals surface area contributed by atoms with Gasteiger partial charge in [0.15, 0.2) is 5.54 Å². The number of nitrogens with one attached hydrogen (secondary N) is 2. The number of amides is 2. The molecule has 41 heavy (non-hydrogen) atoms. The highest BCUT2D eigenvalue weighted by Crippen LogP contribution is 2.44. The number of fused-ring (bicyclic) bond motifs is 3. The van der Waals surface area contributed by atoms with Gasteiger partial charge in [-0.1, -0.05) is 78.9 Å². The van der Waals surface area contributed by atoms with E-state index in [1.54, 1.807) is 11.8 Å². The molecule has 3 N–H and O–H groups in total. The number of aliphatic carboxylic acids is 1. The highest BCUT2D eigenvalue weighted by atomic mass is 32.2. The maximum atomic E-state index is 13.4. The average Bonchev–Trinajstić information content (AvgIpc) is 3.54. The number of thioether (sulfide) groups is 1. The number of alkyl carbamates (subject to hydrolysis) is 1. The zero-order chi connectivity index (χ0) is 28.8. The number of likely N-dealkylation sites (tertiary alicyclic amines) is 1. The van der Waals surface area contributed by atoms with Gasteiger partial charge in [0.25, 0.3) is 0 Å². The molecule has 8 nitrogen and oxygen atoms in total. The first-order valence-corrected chi connectivity index (χ1v) is 15.2. The molecule has 9 heteroatoms. The minimum atomic E-state index is -1.42. The van der Waals surface area contributed by atoms with Gasteiger partial charge in [-0.25, -0.2) is 9.59 Å². The Hall–Kier alpha value is -3.82. The van der Waals surface area contributed by atoms with Gasteiger partial charge in [0.1, 0.15) is 12.6 Å². The van der Waals surface area contributed by atoms with E-state index < -0.39 is 29.6 Å². The summed E-state index contributed by atoms with van der Waals surface area (Å²) in [5.41, 5.74) is 4.12. The Kier molecular flexibility index (Phi) is 8.95. The van der Waals surface area contributed by atoms with Gasteiger partial charge in [0, 0.05) is 25.6 Å². The molecule has 2 unspecified atom stereocenters. The molecule has 2 atom stereocenters. The van der Waals surface area contributed by atoms with Gasteiger partial charge >= 0.3 is 12.1 Å². The molecule has 214 valence electrons. The largest absolute Gasteiger partial charge is 0.479 e. The third kappa shape index (κ3) is 6.41. The van der Waals surface area contributed by atoms with Crippen molar-refractivity contribution in [3.05, 3.63) is 95.6 Å². The van der Waals surface area contributed by atoms with Crippen LogP contribution >= 0.6 is 11.8 Å². The minimum Gasteiger partial charge on any atom is -0.479 e. The van der Waals surface area contributed by atoms with Crippen molar-refractivity contribution in [2.75, 3.05) is 31.7 Å². The highest BCUT2D eigenvalue weighted by molar-refractivity contribution is 7.98. The third-order valence-corrected chi connectivity index (χ3v) is 8.58. The summed E-state index contributed by atoms with van der Waals surface area (Å²) in [5, 5.41) is 15.6. The van der Waals surface area contributed by atoms with Gasteiger partial charge in [-0.3, -0.25) is 9.69 Å². The number of carboxylic acids is 1. The summed E-state index contributed by atoms with van der Waals surface area (Å²) in [5.74, 6) is -1.08. The molecule has 3 aromatic carbocycles. The molecule has 1 fully saturated rings. The van der Waals surface area contributed by atoms with E-state index in [1.165, 1.54) is 0 Å². The lowest BCUT2D eigenvalue weighted by Gasteiger charge is -2.29. The Morgan fingerprint density at radius 2 is 1.63 bits per heavy atom. The Bertz CT molecular complexity index is 1360. The van der Waals surface area contributed by atoms with E-state index in [0.717, 1.165) is 27.8 Å². The molecule has 2 aliphatic rings. The van der Waals surface area contributed by atoms with Crippen LogP contribution in [0.4, 0.5) is 4.79 Å². The maximum Gasteiger partial charge on any atom is 0.407 e. The number of hydrogen-bond acceptors (Lipinski definition) is 6. The van der Waals surface area contributed by atoms with E-state index in [-0.39, 0.29) is 25.5 Å². The third-order valence-electron chi connectivity index (χ3n) is 7.93. The van der Waals surface area contributed by atoms with Crippen LogP contribution in [0.5, 0.6) is 0 Å². The van der Waals surface area contributed by atoms with Crippen LogP contribution in [0.1, 0.15) is 35.4 Å². The normalized spacial score (nSPS) is 18.8. The van der Waals surface area contributed by atoms with Gasteiger partial charge in [-0.15, -0.1) is 0 Å². The SMILES string of the molecule is CSCCC(NC(=O)OCC1c2ccccc2-c2ccccc21)C(=O)NC1(C(=O)O)CCN(Cc2ccccc2)C1. The van der Waals surface area contributed by atoms with Gasteiger partial charge < -0.3 is 20.5 Å². The van der Waals surface area contributed by atoms with Crippen molar-refractivity contribution in [1.82, 2.24) is 15.5 Å². The van der Waals surface area contributed by atoms with Crippen LogP contribution in [0.3, 0.4) is 0 Å². The van der Waals surface area contributed by atoms with Crippen LogP contribution in [0.2, 0.25) is 0 Å². The topological polar surface area (TPSA) is 108 Å². The molecule has 0 radical (unpaired) electrons. The van der Waals surface area contributed by atoms with Crippen LogP contribution in [0, 0.1) is 0 Å². The van der Waals surface area contributed by atoms with Gasteiger partial charge in [-0.05, 0) is 52.7 Å². The van der Waals surface area contributed by atoms with Crippen LogP contribution in [0.15, 0.2) is 78.9 Å². The first-order valence-electron chi connectivity index (χ1n) is 13.8. The van der Waals surface area contributed by atoms with Crippen molar-refractivity contribution in [1.29, 1.82) is 0 Å².